The van der Waals surface area contributed by atoms with Crippen LogP contribution in [-0.4, -0.2) is 35.2 Å². The molecule has 0 aromatic heterocycles. The van der Waals surface area contributed by atoms with Crippen LogP contribution in [0, 0.1) is 30.6 Å². The zero-order chi connectivity index (χ0) is 30.8. The van der Waals surface area contributed by atoms with Crippen molar-refractivity contribution < 1.29 is 30.3 Å². The normalized spacial score (nSPS) is 17.0. The highest BCUT2D eigenvalue weighted by atomic mass is 32.2. The number of nitrogens with zero attached hydrogens (tertiary/aromatic N) is 1. The van der Waals surface area contributed by atoms with Gasteiger partial charge < -0.3 is 5.11 Å². The van der Waals surface area contributed by atoms with Crippen molar-refractivity contribution in [3.63, 3.8) is 0 Å². The molecule has 0 spiro atoms. The molecule has 4 rings (SSSR count). The van der Waals surface area contributed by atoms with E-state index >= 15 is 0 Å². The van der Waals surface area contributed by atoms with Gasteiger partial charge in [0.1, 0.15) is 0 Å². The fourth-order valence-electron chi connectivity index (χ4n) is 5.03. The third kappa shape index (κ3) is 7.10. The van der Waals surface area contributed by atoms with Crippen molar-refractivity contribution in [2.45, 2.75) is 74.2 Å². The highest BCUT2D eigenvalue weighted by Gasteiger charge is 2.45. The van der Waals surface area contributed by atoms with Crippen LogP contribution in [0.15, 0.2) is 82.6 Å². The summed E-state index contributed by atoms with van der Waals surface area (Å²) in [5.41, 5.74) is 0.409. The smallest absolute Gasteiger partial charge is 0.296 e. The van der Waals surface area contributed by atoms with E-state index in [4.69, 9.17) is 8.37 Å². The molecule has 1 fully saturated rings. The molecule has 8 nitrogen and oxygen atoms in total. The van der Waals surface area contributed by atoms with Crippen LogP contribution in [0.3, 0.4) is 0 Å². The third-order valence-corrected chi connectivity index (χ3v) is 10.8. The molecule has 3 aromatic carbocycles. The van der Waals surface area contributed by atoms with E-state index in [0.29, 0.717) is 5.56 Å². The van der Waals surface area contributed by atoms with Gasteiger partial charge >= 0.3 is 0 Å². The van der Waals surface area contributed by atoms with Gasteiger partial charge in [-0.3, -0.25) is 8.37 Å². The van der Waals surface area contributed by atoms with Crippen molar-refractivity contribution in [1.82, 2.24) is 0 Å². The molecular weight excluding hydrogens is 574 g/mol. The zero-order valence-electron chi connectivity index (χ0n) is 24.3. The average molecular weight is 612 g/mol. The van der Waals surface area contributed by atoms with Gasteiger partial charge in [-0.25, -0.2) is 0 Å². The summed E-state index contributed by atoms with van der Waals surface area (Å²) in [6.07, 6.45) is 0.968. The molecule has 10 heteroatoms. The fourth-order valence-corrected chi connectivity index (χ4v) is 7.05. The van der Waals surface area contributed by atoms with Gasteiger partial charge in [-0.15, -0.1) is 0 Å². The topological polar surface area (TPSA) is 131 Å². The van der Waals surface area contributed by atoms with Crippen molar-refractivity contribution in [1.29, 1.82) is 5.26 Å². The van der Waals surface area contributed by atoms with Crippen LogP contribution in [0.2, 0.25) is 0 Å². The number of benzene rings is 3. The molecule has 0 unspecified atom stereocenters. The van der Waals surface area contributed by atoms with Gasteiger partial charge in [-0.05, 0) is 88.8 Å². The number of hydrogen-bond acceptors (Lipinski definition) is 8. The minimum Gasteiger partial charge on any atom is -0.385 e. The van der Waals surface area contributed by atoms with Crippen molar-refractivity contribution in [3.05, 3.63) is 95.1 Å². The first kappa shape index (κ1) is 31.9. The molecule has 1 aliphatic rings. The van der Waals surface area contributed by atoms with Gasteiger partial charge in [0.05, 0.1) is 40.1 Å². The lowest BCUT2D eigenvalue weighted by Crippen LogP contribution is -2.43. The van der Waals surface area contributed by atoms with Gasteiger partial charge in [-0.2, -0.15) is 22.1 Å². The lowest BCUT2D eigenvalue weighted by Gasteiger charge is -2.43. The molecule has 0 atom stereocenters. The lowest BCUT2D eigenvalue weighted by atomic mass is 9.67. The summed E-state index contributed by atoms with van der Waals surface area (Å²) in [7, 11) is -8.24. The molecule has 224 valence electrons. The molecule has 0 heterocycles. The first-order chi connectivity index (χ1) is 19.6. The third-order valence-electron chi connectivity index (χ3n) is 8.22. The number of rotatable bonds is 10. The van der Waals surface area contributed by atoms with Crippen LogP contribution >= 0.6 is 0 Å². The molecule has 42 heavy (non-hydrogen) atoms. The summed E-state index contributed by atoms with van der Waals surface area (Å²) in [4.78, 5) is 0.00767. The highest BCUT2D eigenvalue weighted by molar-refractivity contribution is 7.87. The second kappa shape index (κ2) is 11.9. The van der Waals surface area contributed by atoms with E-state index in [2.05, 4.69) is 6.07 Å². The van der Waals surface area contributed by atoms with Crippen molar-refractivity contribution in [2.75, 3.05) is 13.2 Å². The van der Waals surface area contributed by atoms with E-state index in [1.807, 2.05) is 39.8 Å². The molecule has 0 radical (unpaired) electrons. The summed E-state index contributed by atoms with van der Waals surface area (Å²) >= 11 is 0. The Morgan fingerprint density at radius 3 is 1.52 bits per heavy atom. The second-order valence-corrected chi connectivity index (χ2v) is 15.1. The minimum absolute atomic E-state index is 0.00384. The van der Waals surface area contributed by atoms with Gasteiger partial charge in [0.25, 0.3) is 20.2 Å². The monoisotopic (exact) mass is 611 g/mol. The first-order valence-electron chi connectivity index (χ1n) is 13.8. The van der Waals surface area contributed by atoms with Gasteiger partial charge in [-0.1, -0.05) is 59.7 Å². The average Bonchev–Trinajstić information content (AvgIpc) is 2.97. The Labute approximate surface area is 249 Å². The predicted octanol–water partition coefficient (Wildman–Crippen LogP) is 5.66. The van der Waals surface area contributed by atoms with E-state index in [0.717, 1.165) is 16.7 Å². The summed E-state index contributed by atoms with van der Waals surface area (Å²) in [6, 6.07) is 22.1. The zero-order valence-corrected chi connectivity index (χ0v) is 26.0. The molecule has 3 aromatic rings. The summed E-state index contributed by atoms with van der Waals surface area (Å²) in [5.74, 6) is 0. The van der Waals surface area contributed by atoms with Crippen molar-refractivity contribution >= 4 is 20.2 Å². The Morgan fingerprint density at radius 1 is 0.738 bits per heavy atom. The quantitative estimate of drug-likeness (QED) is 0.291. The number of aliphatic hydroxyl groups is 1. The maximum absolute atomic E-state index is 13.0. The molecule has 0 saturated heterocycles. The maximum atomic E-state index is 13.0. The SMILES string of the molecule is Cc1ccc(S(=O)(=O)OCC2(COS(=O)(=O)c3ccc(C)cc3)CCC(O)(c3ccc(C(C)(C)C#N)cc3)CC2)cc1. The Morgan fingerprint density at radius 2 is 1.14 bits per heavy atom. The second-order valence-electron chi connectivity index (χ2n) is 11.9. The van der Waals surface area contributed by atoms with Gasteiger partial charge in [0.15, 0.2) is 0 Å². The summed E-state index contributed by atoms with van der Waals surface area (Å²) in [6.45, 7) is 6.72. The van der Waals surface area contributed by atoms with Crippen LogP contribution in [0.4, 0.5) is 0 Å². The molecular formula is C32H37NO7S2. The maximum Gasteiger partial charge on any atom is 0.296 e. The molecule has 1 saturated carbocycles. The van der Waals surface area contributed by atoms with Gasteiger partial charge in [0.2, 0.25) is 0 Å². The standard InChI is InChI=1S/C32H37NO7S2/c1-24-5-13-28(14-6-24)41(35,36)39-22-31(23-40-42(37,38)29-15-7-25(2)8-16-29)17-19-32(34,20-18-31)27-11-9-26(10-12-27)30(3,4)21-33/h5-16,34H,17-20,22-23H2,1-4H3. The molecule has 0 bridgehead atoms. The van der Waals surface area contributed by atoms with Crippen molar-refractivity contribution in [2.24, 2.45) is 5.41 Å². The number of hydrogen-bond donors (Lipinski definition) is 1. The number of nitriles is 1. The van der Waals surface area contributed by atoms with Gasteiger partial charge in [0, 0.05) is 5.41 Å². The van der Waals surface area contributed by atoms with E-state index in [1.54, 1.807) is 36.4 Å². The fraction of sp³-hybridized carbons (Fsp3) is 0.406. The molecule has 1 N–H and O–H groups in total. The Kier molecular flexibility index (Phi) is 9.03. The summed E-state index contributed by atoms with van der Waals surface area (Å²) in [5, 5.41) is 21.1. The molecule has 0 amide bonds. The van der Waals surface area contributed by atoms with E-state index in [1.165, 1.54) is 24.3 Å². The van der Waals surface area contributed by atoms with Crippen LogP contribution in [0.5, 0.6) is 0 Å². The Hall–Kier alpha value is -3.07. The number of aryl methyl sites for hydroxylation is 2. The van der Waals surface area contributed by atoms with E-state index in [-0.39, 0.29) is 48.7 Å². The van der Waals surface area contributed by atoms with Crippen LogP contribution in [0.1, 0.15) is 61.8 Å². The summed E-state index contributed by atoms with van der Waals surface area (Å²) < 4.78 is 63.1. The van der Waals surface area contributed by atoms with E-state index < -0.39 is 36.7 Å². The lowest BCUT2D eigenvalue weighted by molar-refractivity contribution is -0.0622. The molecule has 1 aliphatic carbocycles. The first-order valence-corrected chi connectivity index (χ1v) is 16.6. The van der Waals surface area contributed by atoms with Crippen LogP contribution in [-0.2, 0) is 39.6 Å². The van der Waals surface area contributed by atoms with Crippen LogP contribution in [0.25, 0.3) is 0 Å². The van der Waals surface area contributed by atoms with Crippen molar-refractivity contribution in [3.8, 4) is 6.07 Å². The van der Waals surface area contributed by atoms with E-state index in [9.17, 15) is 27.2 Å². The highest BCUT2D eigenvalue weighted by Crippen LogP contribution is 2.47. The Balaban J connectivity index is 1.56. The molecule has 0 aliphatic heterocycles. The van der Waals surface area contributed by atoms with Crippen LogP contribution < -0.4 is 0 Å². The largest absolute Gasteiger partial charge is 0.385 e. The minimum atomic E-state index is -4.12. The Bertz CT molecular complexity index is 1570. The predicted molar refractivity (Wildman–Crippen MR) is 159 cm³/mol.